The Morgan fingerprint density at radius 1 is 1.03 bits per heavy atom. The topological polar surface area (TPSA) is 98.2 Å². The van der Waals surface area contributed by atoms with Gasteiger partial charge in [-0.25, -0.2) is 4.68 Å². The summed E-state index contributed by atoms with van der Waals surface area (Å²) < 4.78 is 13.6. The van der Waals surface area contributed by atoms with E-state index in [2.05, 4.69) is 43.9 Å². The lowest BCUT2D eigenvalue weighted by atomic mass is 9.97. The van der Waals surface area contributed by atoms with Crippen molar-refractivity contribution >= 4 is 10.9 Å². The average Bonchev–Trinajstić information content (AvgIpc) is 3.65. The summed E-state index contributed by atoms with van der Waals surface area (Å²) in [4.78, 5) is 18.9. The van der Waals surface area contributed by atoms with Crippen LogP contribution in [0.15, 0.2) is 23.0 Å². The molecule has 3 aliphatic rings. The molecular formula is C27H36N6O3. The van der Waals surface area contributed by atoms with E-state index >= 15 is 0 Å². The molecule has 2 aliphatic carbocycles. The minimum atomic E-state index is -0.0555. The van der Waals surface area contributed by atoms with Gasteiger partial charge in [-0.2, -0.15) is 0 Å². The molecule has 0 unspecified atom stereocenters. The lowest BCUT2D eigenvalue weighted by molar-refractivity contribution is 0.0826. The first kappa shape index (κ1) is 23.5. The quantitative estimate of drug-likeness (QED) is 0.517. The Labute approximate surface area is 211 Å². The number of nitrogens with zero attached hydrogens (tertiary/aromatic N) is 5. The number of hydrogen-bond acceptors (Lipinski definition) is 7. The molecule has 9 heteroatoms. The van der Waals surface area contributed by atoms with E-state index in [0.29, 0.717) is 43.5 Å². The Balaban J connectivity index is 1.39. The number of nitrogens with one attached hydrogen (secondary N) is 1. The first-order valence-corrected chi connectivity index (χ1v) is 13.6. The third-order valence-corrected chi connectivity index (χ3v) is 8.17. The van der Waals surface area contributed by atoms with Gasteiger partial charge in [0.1, 0.15) is 13.2 Å². The lowest BCUT2D eigenvalue weighted by Crippen LogP contribution is -2.41. The highest BCUT2D eigenvalue weighted by molar-refractivity contribution is 5.83. The zero-order chi connectivity index (χ0) is 24.6. The summed E-state index contributed by atoms with van der Waals surface area (Å²) in [5, 5.41) is 14.1. The fourth-order valence-electron chi connectivity index (χ4n) is 6.43. The van der Waals surface area contributed by atoms with Gasteiger partial charge in [-0.05, 0) is 54.2 Å². The third kappa shape index (κ3) is 4.38. The molecule has 2 fully saturated rings. The van der Waals surface area contributed by atoms with E-state index in [1.165, 1.54) is 25.7 Å². The van der Waals surface area contributed by atoms with Gasteiger partial charge >= 0.3 is 0 Å². The van der Waals surface area contributed by atoms with Gasteiger partial charge in [0.15, 0.2) is 17.3 Å². The number of hydrogen-bond donors (Lipinski definition) is 1. The molecule has 36 heavy (non-hydrogen) atoms. The van der Waals surface area contributed by atoms with E-state index in [-0.39, 0.29) is 11.6 Å². The highest BCUT2D eigenvalue weighted by Gasteiger charge is 2.37. The van der Waals surface area contributed by atoms with Crippen LogP contribution in [0.3, 0.4) is 0 Å². The highest BCUT2D eigenvalue weighted by atomic mass is 16.6. The van der Waals surface area contributed by atoms with Gasteiger partial charge in [0.05, 0.1) is 17.6 Å². The van der Waals surface area contributed by atoms with Gasteiger partial charge in [-0.15, -0.1) is 5.10 Å². The molecular weight excluding hydrogens is 456 g/mol. The second kappa shape index (κ2) is 9.84. The summed E-state index contributed by atoms with van der Waals surface area (Å²) in [6.45, 7) is 6.11. The Morgan fingerprint density at radius 2 is 1.72 bits per heavy atom. The first-order valence-electron chi connectivity index (χ1n) is 13.6. The standard InChI is InChI=1S/C27H36N6O3/c1-17(2)25(26-29-30-31-33(26)21-9-5-6-10-21)32(20-7-3-4-8-20)16-19-13-18-14-23-24(36-12-11-35-23)15-22(18)28-27(19)34/h13-15,17,20-21,25H,3-12,16H2,1-2H3,(H,28,34)/t25-/m0/s1. The average molecular weight is 493 g/mol. The molecule has 6 rings (SSSR count). The second-order valence-corrected chi connectivity index (χ2v) is 10.9. The summed E-state index contributed by atoms with van der Waals surface area (Å²) in [6, 6.07) is 6.69. The maximum absolute atomic E-state index is 13.3. The maximum atomic E-state index is 13.3. The Kier molecular flexibility index (Phi) is 6.41. The second-order valence-electron chi connectivity index (χ2n) is 10.9. The zero-order valence-corrected chi connectivity index (χ0v) is 21.3. The van der Waals surface area contributed by atoms with E-state index in [4.69, 9.17) is 9.47 Å². The van der Waals surface area contributed by atoms with E-state index in [9.17, 15) is 4.79 Å². The summed E-state index contributed by atoms with van der Waals surface area (Å²) in [5.41, 5.74) is 1.47. The van der Waals surface area contributed by atoms with Gasteiger partial charge < -0.3 is 14.5 Å². The number of fused-ring (bicyclic) bond motifs is 2. The van der Waals surface area contributed by atoms with E-state index in [1.54, 1.807) is 0 Å². The van der Waals surface area contributed by atoms with Crippen molar-refractivity contribution in [1.82, 2.24) is 30.1 Å². The van der Waals surface area contributed by atoms with Crippen molar-refractivity contribution in [1.29, 1.82) is 0 Å². The number of aromatic nitrogens is 5. The molecule has 3 heterocycles. The van der Waals surface area contributed by atoms with Crippen LogP contribution >= 0.6 is 0 Å². The van der Waals surface area contributed by atoms with Crippen molar-refractivity contribution in [2.75, 3.05) is 13.2 Å². The summed E-state index contributed by atoms with van der Waals surface area (Å²) >= 11 is 0. The molecule has 1 aromatic carbocycles. The van der Waals surface area contributed by atoms with Gasteiger partial charge in [0.25, 0.3) is 5.56 Å². The van der Waals surface area contributed by atoms with Crippen LogP contribution in [0.5, 0.6) is 11.5 Å². The lowest BCUT2D eigenvalue weighted by Gasteiger charge is -2.38. The largest absolute Gasteiger partial charge is 0.486 e. The fraction of sp³-hybridized carbons (Fsp3) is 0.630. The fourth-order valence-corrected chi connectivity index (χ4v) is 6.43. The van der Waals surface area contributed by atoms with E-state index in [0.717, 1.165) is 53.7 Å². The van der Waals surface area contributed by atoms with Crippen molar-refractivity contribution in [3.8, 4) is 11.5 Å². The number of H-pyrrole nitrogens is 1. The smallest absolute Gasteiger partial charge is 0.252 e. The third-order valence-electron chi connectivity index (χ3n) is 8.17. The number of pyridine rings is 1. The summed E-state index contributed by atoms with van der Waals surface area (Å²) in [6.07, 6.45) is 9.44. The van der Waals surface area contributed by atoms with Crippen LogP contribution < -0.4 is 15.0 Å². The molecule has 9 nitrogen and oxygen atoms in total. The van der Waals surface area contributed by atoms with Gasteiger partial charge in [-0.1, -0.05) is 39.5 Å². The van der Waals surface area contributed by atoms with Gasteiger partial charge in [-0.3, -0.25) is 9.69 Å². The Hall–Kier alpha value is -2.94. The highest BCUT2D eigenvalue weighted by Crippen LogP contribution is 2.39. The Morgan fingerprint density at radius 3 is 2.44 bits per heavy atom. The van der Waals surface area contributed by atoms with Crippen LogP contribution in [0.25, 0.3) is 10.9 Å². The number of ether oxygens (including phenoxy) is 2. The van der Waals surface area contributed by atoms with Crippen LogP contribution in [0.1, 0.15) is 88.7 Å². The van der Waals surface area contributed by atoms with Crippen molar-refractivity contribution in [3.63, 3.8) is 0 Å². The normalized spacial score (nSPS) is 19.7. The molecule has 0 spiro atoms. The van der Waals surface area contributed by atoms with Gasteiger partial charge in [0, 0.05) is 29.6 Å². The number of benzene rings is 1. The first-order chi connectivity index (χ1) is 17.6. The van der Waals surface area contributed by atoms with E-state index < -0.39 is 0 Å². The minimum absolute atomic E-state index is 0.0408. The molecule has 1 atom stereocenters. The molecule has 2 saturated carbocycles. The minimum Gasteiger partial charge on any atom is -0.486 e. The van der Waals surface area contributed by atoms with Crippen molar-refractivity contribution < 1.29 is 9.47 Å². The van der Waals surface area contributed by atoms with Crippen molar-refractivity contribution in [2.45, 2.75) is 89.9 Å². The van der Waals surface area contributed by atoms with Gasteiger partial charge in [0.2, 0.25) is 0 Å². The predicted octanol–water partition coefficient (Wildman–Crippen LogP) is 4.54. The molecule has 192 valence electrons. The SMILES string of the molecule is CC(C)[C@@H](c1nnnn1C1CCCC1)N(Cc1cc2cc3c(cc2[nH]c1=O)OCCO3)C1CCCC1. The maximum Gasteiger partial charge on any atom is 0.252 e. The van der Waals surface area contributed by atoms with Crippen LogP contribution in [-0.4, -0.2) is 49.3 Å². The molecule has 1 aliphatic heterocycles. The van der Waals surface area contributed by atoms with Crippen molar-refractivity contribution in [2.24, 2.45) is 5.92 Å². The molecule has 0 saturated heterocycles. The number of tetrazole rings is 1. The molecule has 0 bridgehead atoms. The predicted molar refractivity (Wildman–Crippen MR) is 136 cm³/mol. The monoisotopic (exact) mass is 492 g/mol. The van der Waals surface area contributed by atoms with Crippen LogP contribution in [0.2, 0.25) is 0 Å². The number of aromatic amines is 1. The number of rotatable bonds is 7. The molecule has 0 amide bonds. The van der Waals surface area contributed by atoms with E-state index in [1.807, 2.05) is 18.2 Å². The molecule has 2 aromatic heterocycles. The molecule has 0 radical (unpaired) electrons. The molecule has 1 N–H and O–H groups in total. The summed E-state index contributed by atoms with van der Waals surface area (Å²) in [7, 11) is 0. The van der Waals surface area contributed by atoms with Crippen LogP contribution in [0.4, 0.5) is 0 Å². The molecule has 3 aromatic rings. The Bertz CT molecular complexity index is 1270. The van der Waals surface area contributed by atoms with Crippen LogP contribution in [0, 0.1) is 5.92 Å². The van der Waals surface area contributed by atoms with Crippen LogP contribution in [-0.2, 0) is 6.54 Å². The van der Waals surface area contributed by atoms with Crippen molar-refractivity contribution in [3.05, 3.63) is 39.9 Å². The zero-order valence-electron chi connectivity index (χ0n) is 21.3. The summed E-state index contributed by atoms with van der Waals surface area (Å²) in [5.74, 6) is 2.66.